The number of amides is 3. The average molecular weight is 2180 g/mol. The van der Waals surface area contributed by atoms with Gasteiger partial charge < -0.3 is 105 Å². The second kappa shape index (κ2) is 51.3. The number of carbonyl (C=O) groups is 5. The fourth-order valence-electron chi connectivity index (χ4n) is 15.0. The van der Waals surface area contributed by atoms with Gasteiger partial charge in [-0.1, -0.05) is 0 Å². The summed E-state index contributed by atoms with van der Waals surface area (Å²) in [5.41, 5.74) is -8.08. The maximum Gasteiger partial charge on any atom is 0.471 e. The van der Waals surface area contributed by atoms with Crippen LogP contribution < -0.4 is 66.5 Å². The second-order valence-corrected chi connectivity index (χ2v) is 62.2. The Hall–Kier alpha value is -8.23. The van der Waals surface area contributed by atoms with E-state index in [1.165, 1.54) is 57.8 Å². The molecule has 144 heavy (non-hydrogen) atoms. The first kappa shape index (κ1) is 124. The van der Waals surface area contributed by atoms with Gasteiger partial charge in [-0.3, -0.25) is 95.7 Å². The van der Waals surface area contributed by atoms with E-state index in [1.54, 1.807) is 7.05 Å². The molecule has 0 saturated carbocycles. The highest BCUT2D eigenvalue weighted by Gasteiger charge is 2.51. The average Bonchev–Trinajstić information content (AvgIpc) is 1.64. The van der Waals surface area contributed by atoms with Crippen LogP contribution in [0.2, 0.25) is 0 Å². The number of Topliss-reactive ketones (excluding diaryl/α,β-unsaturated/α-hetero) is 1. The zero-order valence-corrected chi connectivity index (χ0v) is 88.5. The molecule has 45 nitrogen and oxygen atoms in total. The number of hydrogen-bond acceptors (Lipinski definition) is 33. The summed E-state index contributed by atoms with van der Waals surface area (Å²) in [7, 11) is 2.54. The number of H-pyrrole nitrogens is 5. The van der Waals surface area contributed by atoms with Gasteiger partial charge in [0.2, 0.25) is 5.91 Å². The summed E-state index contributed by atoms with van der Waals surface area (Å²) in [5.74, 6) is -6.07. The third-order valence-corrected chi connectivity index (χ3v) is 30.2. The van der Waals surface area contributed by atoms with Crippen molar-refractivity contribution in [1.29, 1.82) is 0 Å². The predicted octanol–water partition coefficient (Wildman–Crippen LogP) is -1.57. The molecule has 0 bridgehead atoms. The monoisotopic (exact) mass is 2170 g/mol. The van der Waals surface area contributed by atoms with Crippen LogP contribution in [0.15, 0.2) is 74.1 Å². The van der Waals surface area contributed by atoms with Crippen molar-refractivity contribution in [3.05, 3.63) is 157 Å². The van der Waals surface area contributed by atoms with Gasteiger partial charge in [0.1, 0.15) is 79.0 Å². The Kier molecular flexibility index (Phi) is 44.4. The van der Waals surface area contributed by atoms with Gasteiger partial charge in [0, 0.05) is 75.7 Å². The minimum absolute atomic E-state index is 0.0231. The van der Waals surface area contributed by atoms with Gasteiger partial charge >= 0.3 is 52.9 Å². The molecule has 57 heteroatoms. The van der Waals surface area contributed by atoms with E-state index in [0.717, 1.165) is 56.2 Å². The number of aliphatic hydroxyl groups excluding tert-OH is 10. The number of carbonyl (C=O) groups excluding carboxylic acids is 5. The molecule has 0 spiro atoms. The van der Waals surface area contributed by atoms with Crippen molar-refractivity contribution in [3.8, 4) is 0 Å². The Morgan fingerprint density at radius 2 is 0.681 bits per heavy atom. The van der Waals surface area contributed by atoms with Gasteiger partial charge in [-0.2, -0.15) is 26.3 Å². The quantitative estimate of drug-likeness (QED) is 0.00958. The largest absolute Gasteiger partial charge is 0.471 e. The van der Waals surface area contributed by atoms with E-state index in [4.69, 9.17) is 40.6 Å². The summed E-state index contributed by atoms with van der Waals surface area (Å²) in [6.45, 7) is 18.3. The lowest BCUT2D eigenvalue weighted by Gasteiger charge is -2.26. The van der Waals surface area contributed by atoms with Gasteiger partial charge in [-0.05, 0) is 177 Å². The highest BCUT2D eigenvalue weighted by atomic mass is 32.1. The molecule has 0 unspecified atom stereocenters. The molecule has 5 saturated heterocycles. The van der Waals surface area contributed by atoms with Gasteiger partial charge in [0.15, 0.2) is 35.9 Å². The molecule has 5 aliphatic heterocycles. The van der Waals surface area contributed by atoms with Crippen molar-refractivity contribution >= 4 is 108 Å². The van der Waals surface area contributed by atoms with Crippen LogP contribution in [-0.4, -0.2) is 404 Å². The molecule has 0 radical (unpaired) electrons. The zero-order valence-electron chi connectivity index (χ0n) is 83.2. The Morgan fingerprint density at radius 1 is 0.417 bits per heavy atom. The highest BCUT2D eigenvalue weighted by molar-refractivity contribution is 7.73. The van der Waals surface area contributed by atoms with E-state index in [1.807, 2.05) is 36.6 Å². The number of aromatic amines is 5. The lowest BCUT2D eigenvalue weighted by molar-refractivity contribution is -0.188. The fraction of sp³-hybridized carbons (Fsp3) is 0.655. The third kappa shape index (κ3) is 36.9. The van der Waals surface area contributed by atoms with E-state index < -0.39 is 269 Å². The van der Waals surface area contributed by atoms with Crippen LogP contribution in [0.5, 0.6) is 0 Å². The van der Waals surface area contributed by atoms with Crippen molar-refractivity contribution in [3.63, 3.8) is 0 Å². The van der Waals surface area contributed by atoms with E-state index in [2.05, 4.69) is 102 Å². The molecule has 814 valence electrons. The summed E-state index contributed by atoms with van der Waals surface area (Å²) in [4.78, 5) is 178. The number of ether oxygens (including phenoxy) is 6. The Bertz CT molecular complexity index is 6240. The van der Waals surface area contributed by atoms with Crippen molar-refractivity contribution < 1.29 is 130 Å². The third-order valence-electron chi connectivity index (χ3n) is 22.6. The summed E-state index contributed by atoms with van der Waals surface area (Å²) in [6, 6.07) is 0. The molecular weight excluding hydrogens is 2040 g/mol. The molecule has 20 atom stereocenters. The normalized spacial score (nSPS) is 25.1. The number of nitrogens with one attached hydrogen (secondary N) is 8. The molecule has 10 rings (SSSR count). The molecule has 0 aliphatic carbocycles. The van der Waals surface area contributed by atoms with Crippen LogP contribution in [0.25, 0.3) is 0 Å². The van der Waals surface area contributed by atoms with Crippen LogP contribution >= 0.6 is 46.6 Å². The Labute approximate surface area is 828 Å². The number of nitrogens with zero attached hydrogens (tertiary/aromatic N) is 7. The molecule has 5 aliphatic rings. The van der Waals surface area contributed by atoms with Gasteiger partial charge in [-0.15, -0.1) is 65.9 Å². The first-order valence-electron chi connectivity index (χ1n) is 45.1. The van der Waals surface area contributed by atoms with Crippen molar-refractivity contribution in [2.24, 2.45) is 0 Å². The molecule has 0 aromatic carbocycles. The lowest BCUT2D eigenvalue weighted by Crippen LogP contribution is -2.46. The van der Waals surface area contributed by atoms with Crippen LogP contribution in [0.4, 0.5) is 26.3 Å². The number of aromatic nitrogens is 10. The number of rotatable bonds is 34. The number of hydrogen-bond donors (Lipinski definition) is 18. The lowest BCUT2D eigenvalue weighted by atomic mass is 10.1. The van der Waals surface area contributed by atoms with E-state index in [-0.39, 0.29) is 69.1 Å². The van der Waals surface area contributed by atoms with Crippen LogP contribution in [0.3, 0.4) is 0 Å². The van der Waals surface area contributed by atoms with Crippen LogP contribution in [-0.2, 0) is 85.1 Å². The van der Waals surface area contributed by atoms with Crippen molar-refractivity contribution in [1.82, 2.24) is 73.5 Å². The number of halogens is 6. The SMILES string of the molecule is C=P(C)(C)CC[C@H]1O[C@@H](n2cc(CN(C)C(=O)C(F)(F)F)c(=O)[nH]c2=O)[C@H](O)[C@@H]1O.C=P(C)(C)CC[C@H]1O[C@@H](n2cc(CN(CC(=O)OC(C)(C)C)C(=O)C(F)(F)F)c(=O)[nH]c2=O)[C@H](O)[C@@H]1O.C=P(C)(C)CC[C@H]1O[C@@H](n2cc(CNC(C)=O)c(=O)[nH]c2=S)[C@H](O)[C@@H]1O.C=P(C)(C)CC[C@H]1O[C@@H](n2cc(CNC)c(=O)[nH]c2=O)[C@H](O)[C@@H]1O.C=P(C)(C)CC[C@H]1O[C@@H](n2cc(CNCC(C)=O)c(=O)[nH]c2=O)[C@H](O)[C@@H]1O. The van der Waals surface area contributed by atoms with E-state index in [0.29, 0.717) is 50.0 Å². The Balaban J connectivity index is 0.000000277. The molecule has 3 amide bonds. The second-order valence-electron chi connectivity index (χ2n) is 40.2. The first-order valence-corrected chi connectivity index (χ1v) is 60.8. The molecule has 5 fully saturated rings. The summed E-state index contributed by atoms with van der Waals surface area (Å²) in [5, 5.41) is 112. The highest BCUT2D eigenvalue weighted by Crippen LogP contribution is 2.45. The number of aliphatic hydroxyl groups is 10. The number of esters is 1. The van der Waals surface area contributed by atoms with Crippen molar-refractivity contribution in [2.45, 2.75) is 240 Å². The summed E-state index contributed by atoms with van der Waals surface area (Å²) in [6.07, 6.45) is -0.207. The maximum atomic E-state index is 13.2. The molecule has 5 aromatic rings. The molecule has 5 aromatic heterocycles. The topological polar surface area (TPSA) is 643 Å². The van der Waals surface area contributed by atoms with Gasteiger partial charge in [0.25, 0.3) is 27.8 Å². The summed E-state index contributed by atoms with van der Waals surface area (Å²) >= 11 is 5.17. The predicted molar refractivity (Wildman–Crippen MR) is 540 cm³/mol. The Morgan fingerprint density at radius 3 is 0.958 bits per heavy atom. The van der Waals surface area contributed by atoms with E-state index in [9.17, 15) is 145 Å². The van der Waals surface area contributed by atoms with Gasteiger partial charge in [0.05, 0.1) is 66.8 Å². The van der Waals surface area contributed by atoms with Crippen molar-refractivity contribution in [2.75, 3.05) is 125 Å². The molecule has 10 heterocycles. The maximum absolute atomic E-state index is 13.2. The first-order chi connectivity index (χ1) is 65.9. The van der Waals surface area contributed by atoms with Gasteiger partial charge in [-0.25, -0.2) is 19.2 Å². The van der Waals surface area contributed by atoms with E-state index >= 15 is 0 Å². The minimum atomic E-state index is -5.37. The standard InChI is InChI=1S/C22H33F3N3O8P.C17H25F3N3O6P.C17H28N3O6P.C16H26N3O5PS.C15H26N3O5P/c1-21(2,3)36-14(29)11-27(19(33)22(23,24)25)9-12-10-28(20(34)26-17(12)32)18-16(31)15(30)13(35-18)7-8-37(4,5)6;1-22(15(27)17(18,19)20)7-9-8-23(16(28)21-13(9)26)14-12(25)11(24)10(29-14)5-6-30(2,3)4;1-10(21)7-18-8-11-9-20(17(25)19-15(11)24)16-14(23)13(22)12(26-16)5-6-27(2,3)4;1-9(20)17-7-10-8-19(16(26)18-14(10)23)15-13(22)12(21)11(24-15)5-6-25(2,3)4;1-16-7-9-8-18(15(22)17-13(9)21)14-12(20)11(19)10(23-14)5-6-24(2,3)4/h10,13,15-16,18,30-31H,4,7-9,11H2,1-3,5-6H3,(H,26,32,34);8,10-12,14,24-25H,2,5-7H2,1,3-4H3,(H,21,26,28);9,12-14,16,18,22-23H,2,5-8H2,1,3-4H3,(H,19,24,25);8,11-13,15,21-22H,2,5-7H2,1,3-4H3,(H,17,20)(H,18,23,26);8,10-12,14,16,19-20H,2,5-7H2,1,3-4H3,(H,17,21,22)/t13-,15-,16-,18-;10-,11-,12-,14-;12-,13-,14-,16-;11-,12-,13-,15-;10-,11-,12-,14-/m11111/s1. The number of ketones is 1. The van der Waals surface area contributed by atoms with Crippen LogP contribution in [0, 0.1) is 4.77 Å². The zero-order chi connectivity index (χ0) is 110. The number of alkyl halides is 6. The minimum Gasteiger partial charge on any atom is -0.459 e. The molecular formula is C87H138F6N15O30P5S. The van der Waals surface area contributed by atoms with Crippen LogP contribution in [0.1, 0.15) is 126 Å². The summed E-state index contributed by atoms with van der Waals surface area (Å²) < 4.78 is 116. The molecule has 18 N–H and O–H groups in total. The fourth-order valence-corrected chi connectivity index (χ4v) is 20.0. The smallest absolute Gasteiger partial charge is 0.459 e.